The van der Waals surface area contributed by atoms with Gasteiger partial charge in [-0.3, -0.25) is 0 Å². The van der Waals surface area contributed by atoms with Crippen LogP contribution >= 0.6 is 0 Å². The quantitative estimate of drug-likeness (QED) is 0.783. The Morgan fingerprint density at radius 1 is 1.42 bits per heavy atom. The van der Waals surface area contributed by atoms with Crippen molar-refractivity contribution in [3.8, 4) is 0 Å². The number of rotatable bonds is 6. The predicted octanol–water partition coefficient (Wildman–Crippen LogP) is 1.24. The van der Waals surface area contributed by atoms with Gasteiger partial charge in [-0.1, -0.05) is 0 Å². The third-order valence-corrected chi connectivity index (χ3v) is 3.60. The number of anilines is 1. The van der Waals surface area contributed by atoms with E-state index < -0.39 is 0 Å². The summed E-state index contributed by atoms with van der Waals surface area (Å²) < 4.78 is 5.03. The molecule has 0 aliphatic carbocycles. The highest BCUT2D eigenvalue weighted by atomic mass is 16.5. The third-order valence-electron chi connectivity index (χ3n) is 3.60. The van der Waals surface area contributed by atoms with Crippen LogP contribution in [0.2, 0.25) is 0 Å². The fraction of sp³-hybridized carbons (Fsp3) is 0.714. The molecule has 0 unspecified atom stereocenters. The standard InChI is InChI=1S/C14H24N4O/c1-12-3-6-16-14(17-12)18-8-4-13(5-9-18)11-15-7-10-19-2/h3,6,13,15H,4-5,7-11H2,1-2H3. The van der Waals surface area contributed by atoms with Crippen LogP contribution in [0.5, 0.6) is 0 Å². The van der Waals surface area contributed by atoms with Crippen molar-refractivity contribution in [2.24, 2.45) is 5.92 Å². The second kappa shape index (κ2) is 7.40. The molecule has 1 aliphatic rings. The van der Waals surface area contributed by atoms with Crippen molar-refractivity contribution in [2.45, 2.75) is 19.8 Å². The van der Waals surface area contributed by atoms with Gasteiger partial charge in [0.15, 0.2) is 0 Å². The first-order valence-electron chi connectivity index (χ1n) is 7.04. The summed E-state index contributed by atoms with van der Waals surface area (Å²) >= 11 is 0. The van der Waals surface area contributed by atoms with E-state index in [0.717, 1.165) is 50.3 Å². The van der Waals surface area contributed by atoms with E-state index in [-0.39, 0.29) is 0 Å². The molecule has 0 atom stereocenters. The van der Waals surface area contributed by atoms with Gasteiger partial charge in [0, 0.05) is 38.6 Å². The van der Waals surface area contributed by atoms with Crippen molar-refractivity contribution in [3.05, 3.63) is 18.0 Å². The zero-order chi connectivity index (χ0) is 13.5. The summed E-state index contributed by atoms with van der Waals surface area (Å²) in [6.45, 7) is 6.94. The van der Waals surface area contributed by atoms with Crippen LogP contribution in [0.25, 0.3) is 0 Å². The van der Waals surface area contributed by atoms with Crippen molar-refractivity contribution in [2.75, 3.05) is 44.8 Å². The molecule has 1 aromatic rings. The van der Waals surface area contributed by atoms with Crippen LogP contribution in [-0.4, -0.2) is 49.9 Å². The minimum atomic E-state index is 0.762. The average molecular weight is 264 g/mol. The molecule has 1 fully saturated rings. The first-order valence-corrected chi connectivity index (χ1v) is 7.04. The summed E-state index contributed by atoms with van der Waals surface area (Å²) in [5.74, 6) is 1.64. The molecule has 19 heavy (non-hydrogen) atoms. The lowest BCUT2D eigenvalue weighted by atomic mass is 9.97. The van der Waals surface area contributed by atoms with Crippen LogP contribution in [0.3, 0.4) is 0 Å². The lowest BCUT2D eigenvalue weighted by Crippen LogP contribution is -2.38. The van der Waals surface area contributed by atoms with Crippen molar-refractivity contribution in [3.63, 3.8) is 0 Å². The van der Waals surface area contributed by atoms with Crippen LogP contribution in [0.4, 0.5) is 5.95 Å². The van der Waals surface area contributed by atoms with Gasteiger partial charge in [0.25, 0.3) is 0 Å². The minimum absolute atomic E-state index is 0.762. The van der Waals surface area contributed by atoms with Crippen LogP contribution in [0.15, 0.2) is 12.3 Å². The second-order valence-corrected chi connectivity index (χ2v) is 5.13. The average Bonchev–Trinajstić information content (AvgIpc) is 2.44. The minimum Gasteiger partial charge on any atom is -0.383 e. The van der Waals surface area contributed by atoms with E-state index >= 15 is 0 Å². The van der Waals surface area contributed by atoms with Crippen LogP contribution in [0, 0.1) is 12.8 Å². The molecule has 2 heterocycles. The first kappa shape index (κ1) is 14.2. The fourth-order valence-electron chi connectivity index (χ4n) is 2.41. The van der Waals surface area contributed by atoms with Gasteiger partial charge in [0.2, 0.25) is 5.95 Å². The summed E-state index contributed by atoms with van der Waals surface area (Å²) in [5, 5.41) is 3.44. The monoisotopic (exact) mass is 264 g/mol. The molecule has 1 saturated heterocycles. The van der Waals surface area contributed by atoms with E-state index in [1.165, 1.54) is 12.8 Å². The topological polar surface area (TPSA) is 50.3 Å². The summed E-state index contributed by atoms with van der Waals surface area (Å²) in [5.41, 5.74) is 1.04. The maximum absolute atomic E-state index is 5.03. The molecular weight excluding hydrogens is 240 g/mol. The Morgan fingerprint density at radius 3 is 2.89 bits per heavy atom. The number of piperidine rings is 1. The van der Waals surface area contributed by atoms with E-state index in [0.29, 0.717) is 0 Å². The highest BCUT2D eigenvalue weighted by molar-refractivity contribution is 5.30. The molecule has 5 nitrogen and oxygen atoms in total. The number of nitrogens with one attached hydrogen (secondary N) is 1. The van der Waals surface area contributed by atoms with Crippen molar-refractivity contribution in [1.82, 2.24) is 15.3 Å². The lowest BCUT2D eigenvalue weighted by molar-refractivity contribution is 0.196. The zero-order valence-electron chi connectivity index (χ0n) is 11.9. The lowest BCUT2D eigenvalue weighted by Gasteiger charge is -2.32. The van der Waals surface area contributed by atoms with Gasteiger partial charge in [0.05, 0.1) is 6.61 Å². The number of hydrogen-bond donors (Lipinski definition) is 1. The molecule has 106 valence electrons. The van der Waals surface area contributed by atoms with E-state index in [4.69, 9.17) is 4.74 Å². The van der Waals surface area contributed by atoms with Gasteiger partial charge in [-0.15, -0.1) is 0 Å². The summed E-state index contributed by atoms with van der Waals surface area (Å²) in [6.07, 6.45) is 4.25. The Labute approximate surface area is 115 Å². The highest BCUT2D eigenvalue weighted by Crippen LogP contribution is 2.19. The Morgan fingerprint density at radius 2 is 2.21 bits per heavy atom. The molecule has 1 aromatic heterocycles. The molecule has 0 aromatic carbocycles. The number of hydrogen-bond acceptors (Lipinski definition) is 5. The molecule has 1 N–H and O–H groups in total. The van der Waals surface area contributed by atoms with Gasteiger partial charge in [0.1, 0.15) is 0 Å². The fourth-order valence-corrected chi connectivity index (χ4v) is 2.41. The zero-order valence-corrected chi connectivity index (χ0v) is 11.9. The molecule has 5 heteroatoms. The summed E-state index contributed by atoms with van der Waals surface area (Å²) in [7, 11) is 1.74. The Bertz CT molecular complexity index is 377. The number of nitrogens with zero attached hydrogens (tertiary/aromatic N) is 3. The number of aryl methyl sites for hydroxylation is 1. The van der Waals surface area contributed by atoms with E-state index in [1.54, 1.807) is 7.11 Å². The molecule has 0 saturated carbocycles. The molecule has 2 rings (SSSR count). The van der Waals surface area contributed by atoms with E-state index in [2.05, 4.69) is 20.2 Å². The predicted molar refractivity (Wildman–Crippen MR) is 76.5 cm³/mol. The Hall–Kier alpha value is -1.20. The van der Waals surface area contributed by atoms with Gasteiger partial charge >= 0.3 is 0 Å². The van der Waals surface area contributed by atoms with Crippen LogP contribution in [-0.2, 0) is 4.74 Å². The van der Waals surface area contributed by atoms with Crippen LogP contribution in [0.1, 0.15) is 18.5 Å². The molecular formula is C14H24N4O. The van der Waals surface area contributed by atoms with Gasteiger partial charge in [-0.2, -0.15) is 0 Å². The van der Waals surface area contributed by atoms with E-state index in [9.17, 15) is 0 Å². The molecule has 0 bridgehead atoms. The second-order valence-electron chi connectivity index (χ2n) is 5.13. The van der Waals surface area contributed by atoms with Crippen LogP contribution < -0.4 is 10.2 Å². The normalized spacial score (nSPS) is 16.8. The van der Waals surface area contributed by atoms with Gasteiger partial charge < -0.3 is 15.0 Å². The number of aromatic nitrogens is 2. The maximum Gasteiger partial charge on any atom is 0.225 e. The molecule has 0 radical (unpaired) electrons. The largest absolute Gasteiger partial charge is 0.383 e. The Kier molecular flexibility index (Phi) is 5.54. The first-order chi connectivity index (χ1) is 9.29. The smallest absolute Gasteiger partial charge is 0.225 e. The van der Waals surface area contributed by atoms with Gasteiger partial charge in [-0.25, -0.2) is 9.97 Å². The summed E-state index contributed by atoms with van der Waals surface area (Å²) in [4.78, 5) is 11.1. The number of ether oxygens (including phenoxy) is 1. The highest BCUT2D eigenvalue weighted by Gasteiger charge is 2.20. The molecule has 1 aliphatic heterocycles. The van der Waals surface area contributed by atoms with Crippen molar-refractivity contribution < 1.29 is 4.74 Å². The number of methoxy groups -OCH3 is 1. The third kappa shape index (κ3) is 4.44. The van der Waals surface area contributed by atoms with E-state index in [1.807, 2.05) is 19.2 Å². The molecule has 0 spiro atoms. The maximum atomic E-state index is 5.03. The molecule has 0 amide bonds. The SMILES string of the molecule is COCCNCC1CCN(c2nccc(C)n2)CC1. The van der Waals surface area contributed by atoms with Gasteiger partial charge in [-0.05, 0) is 38.3 Å². The Balaban J connectivity index is 1.73. The van der Waals surface area contributed by atoms with Crippen molar-refractivity contribution in [1.29, 1.82) is 0 Å². The van der Waals surface area contributed by atoms with Crippen molar-refractivity contribution >= 4 is 5.95 Å². The summed E-state index contributed by atoms with van der Waals surface area (Å²) in [6, 6.07) is 1.94.